The van der Waals surface area contributed by atoms with E-state index in [0.717, 1.165) is 11.5 Å². The minimum absolute atomic E-state index is 0.0367. The molecule has 0 aliphatic heterocycles. The van der Waals surface area contributed by atoms with E-state index in [9.17, 15) is 0 Å². The first kappa shape index (κ1) is 13.3. The van der Waals surface area contributed by atoms with E-state index < -0.39 is 0 Å². The van der Waals surface area contributed by atoms with Crippen LogP contribution in [-0.4, -0.2) is 16.6 Å². The minimum atomic E-state index is 0.0367. The lowest BCUT2D eigenvalue weighted by atomic mass is 9.85. The molecule has 1 aromatic rings. The maximum atomic E-state index is 5.90. The number of aryl methyl sites for hydroxylation is 1. The fourth-order valence-electron chi connectivity index (χ4n) is 2.67. The summed E-state index contributed by atoms with van der Waals surface area (Å²) in [5.74, 6) is 1.36. The maximum Gasteiger partial charge on any atom is 0.157 e. The van der Waals surface area contributed by atoms with Crippen LogP contribution < -0.4 is 5.73 Å². The fraction of sp³-hybridized carbons (Fsp3) is 0.714. The molecule has 18 heavy (non-hydrogen) atoms. The van der Waals surface area contributed by atoms with Gasteiger partial charge in [-0.1, -0.05) is 19.3 Å². The number of hydrogen-bond acceptors (Lipinski definition) is 4. The van der Waals surface area contributed by atoms with E-state index in [1.807, 2.05) is 13.8 Å². The van der Waals surface area contributed by atoms with Crippen LogP contribution in [-0.2, 0) is 4.74 Å². The Hall–Kier alpha value is -1.16. The molecule has 1 aromatic heterocycles. The van der Waals surface area contributed by atoms with Crippen molar-refractivity contribution >= 4 is 5.69 Å². The Morgan fingerprint density at radius 1 is 1.39 bits per heavy atom. The molecular formula is C14H23N3O. The summed E-state index contributed by atoms with van der Waals surface area (Å²) in [6.07, 6.45) is 8.11. The Bertz CT molecular complexity index is 389. The summed E-state index contributed by atoms with van der Waals surface area (Å²) in [6.45, 7) is 4.65. The molecule has 1 aliphatic carbocycles. The standard InChI is InChI=1S/C14H23N3O/c1-3-18-13(11-7-5-4-6-8-11)14-16-9-12(15)10(2)17-14/h9,11,13H,3-8,15H2,1-2H3. The highest BCUT2D eigenvalue weighted by Gasteiger charge is 2.27. The summed E-state index contributed by atoms with van der Waals surface area (Å²) in [7, 11) is 0. The van der Waals surface area contributed by atoms with E-state index in [1.165, 1.54) is 32.1 Å². The van der Waals surface area contributed by atoms with Crippen LogP contribution in [0.2, 0.25) is 0 Å². The average molecular weight is 249 g/mol. The molecule has 100 valence electrons. The number of hydrogen-bond donors (Lipinski definition) is 1. The van der Waals surface area contributed by atoms with Crippen LogP contribution >= 0.6 is 0 Å². The Kier molecular flexibility index (Phi) is 4.53. The van der Waals surface area contributed by atoms with Gasteiger partial charge in [0.25, 0.3) is 0 Å². The number of nitrogen functional groups attached to an aromatic ring is 1. The van der Waals surface area contributed by atoms with Crippen molar-refractivity contribution in [1.82, 2.24) is 9.97 Å². The fourth-order valence-corrected chi connectivity index (χ4v) is 2.67. The molecule has 1 atom stereocenters. The molecule has 0 aromatic carbocycles. The van der Waals surface area contributed by atoms with Crippen molar-refractivity contribution in [3.63, 3.8) is 0 Å². The molecule has 4 nitrogen and oxygen atoms in total. The zero-order chi connectivity index (χ0) is 13.0. The SMILES string of the molecule is CCOC(c1ncc(N)c(C)n1)C1CCCCC1. The van der Waals surface area contributed by atoms with E-state index >= 15 is 0 Å². The number of aromatic nitrogens is 2. The highest BCUT2D eigenvalue weighted by atomic mass is 16.5. The normalized spacial score (nSPS) is 18.8. The average Bonchev–Trinajstić information content (AvgIpc) is 2.40. The Labute approximate surface area is 109 Å². The van der Waals surface area contributed by atoms with Gasteiger partial charge in [-0.05, 0) is 32.6 Å². The van der Waals surface area contributed by atoms with Gasteiger partial charge in [-0.15, -0.1) is 0 Å². The molecule has 2 N–H and O–H groups in total. The van der Waals surface area contributed by atoms with Crippen molar-refractivity contribution in [3.8, 4) is 0 Å². The predicted octanol–water partition coefficient (Wildman–Crippen LogP) is 3.03. The molecule has 2 rings (SSSR count). The van der Waals surface area contributed by atoms with Gasteiger partial charge < -0.3 is 10.5 Å². The molecule has 1 fully saturated rings. The second-order valence-corrected chi connectivity index (χ2v) is 5.04. The van der Waals surface area contributed by atoms with Gasteiger partial charge in [-0.2, -0.15) is 0 Å². The van der Waals surface area contributed by atoms with Crippen molar-refractivity contribution < 1.29 is 4.74 Å². The van der Waals surface area contributed by atoms with Gasteiger partial charge in [0.1, 0.15) is 6.10 Å². The highest BCUT2D eigenvalue weighted by molar-refractivity contribution is 5.39. The van der Waals surface area contributed by atoms with Gasteiger partial charge >= 0.3 is 0 Å². The maximum absolute atomic E-state index is 5.90. The molecule has 1 saturated carbocycles. The van der Waals surface area contributed by atoms with Gasteiger partial charge in [0.05, 0.1) is 17.6 Å². The second-order valence-electron chi connectivity index (χ2n) is 5.04. The molecule has 0 spiro atoms. The third-order valence-corrected chi connectivity index (χ3v) is 3.71. The monoisotopic (exact) mass is 249 g/mol. The first-order valence-electron chi connectivity index (χ1n) is 6.93. The van der Waals surface area contributed by atoms with Crippen molar-refractivity contribution in [2.24, 2.45) is 5.92 Å². The third-order valence-electron chi connectivity index (χ3n) is 3.71. The van der Waals surface area contributed by atoms with Crippen LogP contribution in [0.25, 0.3) is 0 Å². The van der Waals surface area contributed by atoms with Gasteiger partial charge in [0, 0.05) is 6.61 Å². The molecule has 1 aliphatic rings. The molecule has 0 saturated heterocycles. The van der Waals surface area contributed by atoms with Gasteiger partial charge in [0.15, 0.2) is 5.82 Å². The number of nitrogens with two attached hydrogens (primary N) is 1. The van der Waals surface area contributed by atoms with Crippen LogP contribution in [0.4, 0.5) is 5.69 Å². The lowest BCUT2D eigenvalue weighted by Crippen LogP contribution is -2.21. The summed E-state index contributed by atoms with van der Waals surface area (Å²) in [5.41, 5.74) is 7.27. The van der Waals surface area contributed by atoms with Crippen molar-refractivity contribution in [1.29, 1.82) is 0 Å². The first-order chi connectivity index (χ1) is 8.72. The highest BCUT2D eigenvalue weighted by Crippen LogP contribution is 2.35. The summed E-state index contributed by atoms with van der Waals surface area (Å²) in [5, 5.41) is 0. The summed E-state index contributed by atoms with van der Waals surface area (Å²) >= 11 is 0. The summed E-state index contributed by atoms with van der Waals surface area (Å²) in [4.78, 5) is 8.88. The largest absolute Gasteiger partial charge is 0.396 e. The lowest BCUT2D eigenvalue weighted by molar-refractivity contribution is -0.000261. The quantitative estimate of drug-likeness (QED) is 0.891. The zero-order valence-corrected chi connectivity index (χ0v) is 11.4. The summed E-state index contributed by atoms with van der Waals surface area (Å²) in [6, 6.07) is 0. The number of anilines is 1. The summed E-state index contributed by atoms with van der Waals surface area (Å²) < 4.78 is 5.90. The topological polar surface area (TPSA) is 61.0 Å². The molecule has 0 amide bonds. The Morgan fingerprint density at radius 3 is 2.72 bits per heavy atom. The van der Waals surface area contributed by atoms with Crippen LogP contribution in [0.15, 0.2) is 6.20 Å². The number of rotatable bonds is 4. The number of ether oxygens (including phenoxy) is 1. The van der Waals surface area contributed by atoms with Gasteiger partial charge in [0.2, 0.25) is 0 Å². The lowest BCUT2D eigenvalue weighted by Gasteiger charge is -2.29. The van der Waals surface area contributed by atoms with E-state index in [4.69, 9.17) is 10.5 Å². The molecule has 1 unspecified atom stereocenters. The smallest absolute Gasteiger partial charge is 0.157 e. The molecular weight excluding hydrogens is 226 g/mol. The predicted molar refractivity (Wildman–Crippen MR) is 72.1 cm³/mol. The van der Waals surface area contributed by atoms with Crippen LogP contribution in [0, 0.1) is 12.8 Å². The van der Waals surface area contributed by atoms with Crippen molar-refractivity contribution in [2.75, 3.05) is 12.3 Å². The third kappa shape index (κ3) is 2.99. The Balaban J connectivity index is 2.19. The molecule has 1 heterocycles. The van der Waals surface area contributed by atoms with Crippen LogP contribution in [0.5, 0.6) is 0 Å². The zero-order valence-electron chi connectivity index (χ0n) is 11.4. The van der Waals surface area contributed by atoms with E-state index in [-0.39, 0.29) is 6.10 Å². The van der Waals surface area contributed by atoms with Gasteiger partial charge in [-0.25, -0.2) is 9.97 Å². The van der Waals surface area contributed by atoms with E-state index in [2.05, 4.69) is 9.97 Å². The van der Waals surface area contributed by atoms with Crippen molar-refractivity contribution in [3.05, 3.63) is 17.7 Å². The second kappa shape index (κ2) is 6.14. The van der Waals surface area contributed by atoms with Crippen LogP contribution in [0.1, 0.15) is 56.7 Å². The van der Waals surface area contributed by atoms with E-state index in [1.54, 1.807) is 6.20 Å². The van der Waals surface area contributed by atoms with Crippen LogP contribution in [0.3, 0.4) is 0 Å². The molecule has 4 heteroatoms. The van der Waals surface area contributed by atoms with E-state index in [0.29, 0.717) is 18.2 Å². The number of nitrogens with zero attached hydrogens (tertiary/aromatic N) is 2. The minimum Gasteiger partial charge on any atom is -0.396 e. The molecule has 0 bridgehead atoms. The van der Waals surface area contributed by atoms with Crippen molar-refractivity contribution in [2.45, 2.75) is 52.1 Å². The first-order valence-corrected chi connectivity index (χ1v) is 6.93. The molecule has 0 radical (unpaired) electrons. The Morgan fingerprint density at radius 2 is 2.11 bits per heavy atom. The van der Waals surface area contributed by atoms with Gasteiger partial charge in [-0.3, -0.25) is 0 Å².